The van der Waals surface area contributed by atoms with E-state index in [0.29, 0.717) is 0 Å². The number of aromatic nitrogens is 2. The summed E-state index contributed by atoms with van der Waals surface area (Å²) in [6.45, 7) is 7.35. The first-order chi connectivity index (χ1) is 9.05. The predicted molar refractivity (Wildman–Crippen MR) is 80.8 cm³/mol. The highest BCUT2D eigenvalue weighted by Gasteiger charge is 2.18. The van der Waals surface area contributed by atoms with Crippen LogP contribution in [0.25, 0.3) is 10.2 Å². The van der Waals surface area contributed by atoms with Gasteiger partial charge in [-0.2, -0.15) is 0 Å². The fourth-order valence-corrected chi connectivity index (χ4v) is 2.69. The van der Waals surface area contributed by atoms with Crippen LogP contribution in [-0.2, 0) is 6.42 Å². The fraction of sp³-hybridized carbons (Fsp3) is 0.571. The van der Waals surface area contributed by atoms with Crippen LogP contribution in [0.2, 0.25) is 0 Å². The minimum Gasteiger partial charge on any atom is -0.396 e. The number of hydrogen-bond acceptors (Lipinski definition) is 5. The summed E-state index contributed by atoms with van der Waals surface area (Å²) in [5.41, 5.74) is 0.0500. The van der Waals surface area contributed by atoms with Gasteiger partial charge in [-0.05, 0) is 23.3 Å². The molecule has 0 radical (unpaired) electrons. The molecule has 2 N–H and O–H groups in total. The van der Waals surface area contributed by atoms with Crippen LogP contribution in [-0.4, -0.2) is 28.2 Å². The van der Waals surface area contributed by atoms with Crippen LogP contribution < -0.4 is 5.32 Å². The maximum absolute atomic E-state index is 9.07. The van der Waals surface area contributed by atoms with Crippen LogP contribution >= 0.6 is 11.3 Å². The first kappa shape index (κ1) is 14.2. The SMILES string of the molecule is CCc1nc(NCC(C)(C)CCO)c2ccsc2n1. The number of hydrogen-bond donors (Lipinski definition) is 2. The van der Waals surface area contributed by atoms with E-state index < -0.39 is 0 Å². The number of rotatable bonds is 6. The molecule has 104 valence electrons. The van der Waals surface area contributed by atoms with E-state index in [1.54, 1.807) is 11.3 Å². The number of aliphatic hydroxyl groups is 1. The van der Waals surface area contributed by atoms with E-state index in [-0.39, 0.29) is 12.0 Å². The Morgan fingerprint density at radius 1 is 1.37 bits per heavy atom. The lowest BCUT2D eigenvalue weighted by Crippen LogP contribution is -2.24. The zero-order chi connectivity index (χ0) is 13.9. The average Bonchev–Trinajstić information content (AvgIpc) is 2.83. The van der Waals surface area contributed by atoms with E-state index in [2.05, 4.69) is 42.1 Å². The molecule has 0 aliphatic carbocycles. The molecule has 0 aromatic carbocycles. The van der Waals surface area contributed by atoms with Crippen molar-refractivity contribution in [2.24, 2.45) is 5.41 Å². The lowest BCUT2D eigenvalue weighted by atomic mass is 9.90. The Labute approximate surface area is 117 Å². The zero-order valence-corrected chi connectivity index (χ0v) is 12.5. The topological polar surface area (TPSA) is 58.0 Å². The van der Waals surface area contributed by atoms with Gasteiger partial charge < -0.3 is 10.4 Å². The molecule has 0 saturated heterocycles. The molecule has 2 aromatic heterocycles. The molecule has 2 heterocycles. The number of thiophene rings is 1. The highest BCUT2D eigenvalue weighted by molar-refractivity contribution is 7.16. The second kappa shape index (κ2) is 5.84. The van der Waals surface area contributed by atoms with Gasteiger partial charge in [0.1, 0.15) is 16.5 Å². The van der Waals surface area contributed by atoms with Crippen molar-refractivity contribution in [3.8, 4) is 0 Å². The summed E-state index contributed by atoms with van der Waals surface area (Å²) in [5, 5.41) is 15.6. The molecule has 2 rings (SSSR count). The third kappa shape index (κ3) is 3.42. The largest absolute Gasteiger partial charge is 0.396 e. The Kier molecular flexibility index (Phi) is 4.37. The third-order valence-electron chi connectivity index (χ3n) is 3.21. The summed E-state index contributed by atoms with van der Waals surface area (Å²) >= 11 is 1.64. The first-order valence-corrected chi connectivity index (χ1v) is 7.52. The quantitative estimate of drug-likeness (QED) is 0.853. The summed E-state index contributed by atoms with van der Waals surface area (Å²) in [7, 11) is 0. The molecule has 0 saturated carbocycles. The number of anilines is 1. The number of nitrogens with one attached hydrogen (secondary N) is 1. The minimum atomic E-state index is 0.0500. The molecule has 0 bridgehead atoms. The van der Waals surface area contributed by atoms with Crippen molar-refractivity contribution >= 4 is 27.4 Å². The van der Waals surface area contributed by atoms with Gasteiger partial charge in [-0.1, -0.05) is 20.8 Å². The number of nitrogens with zero attached hydrogens (tertiary/aromatic N) is 2. The predicted octanol–water partition coefficient (Wildman–Crippen LogP) is 3.07. The molecule has 0 amide bonds. The van der Waals surface area contributed by atoms with Crippen LogP contribution in [0.3, 0.4) is 0 Å². The molecule has 0 atom stereocenters. The van der Waals surface area contributed by atoms with Crippen molar-refractivity contribution in [3.05, 3.63) is 17.3 Å². The number of aliphatic hydroxyl groups excluding tert-OH is 1. The van der Waals surface area contributed by atoms with Gasteiger partial charge >= 0.3 is 0 Å². The number of fused-ring (bicyclic) bond motifs is 1. The van der Waals surface area contributed by atoms with E-state index in [1.807, 2.05) is 5.38 Å². The molecule has 19 heavy (non-hydrogen) atoms. The Bertz CT molecular complexity index is 551. The van der Waals surface area contributed by atoms with Crippen molar-refractivity contribution in [1.29, 1.82) is 0 Å². The highest BCUT2D eigenvalue weighted by Crippen LogP contribution is 2.27. The van der Waals surface area contributed by atoms with Crippen LogP contribution in [0.4, 0.5) is 5.82 Å². The van der Waals surface area contributed by atoms with Crippen LogP contribution in [0, 0.1) is 5.41 Å². The van der Waals surface area contributed by atoms with E-state index in [9.17, 15) is 0 Å². The van der Waals surface area contributed by atoms with Crippen molar-refractivity contribution in [2.45, 2.75) is 33.6 Å². The maximum Gasteiger partial charge on any atom is 0.138 e. The Hall–Kier alpha value is -1.20. The third-order valence-corrected chi connectivity index (χ3v) is 4.02. The average molecular weight is 279 g/mol. The second-order valence-corrected chi connectivity index (χ2v) is 6.37. The van der Waals surface area contributed by atoms with Gasteiger partial charge in [0.05, 0.1) is 5.39 Å². The van der Waals surface area contributed by atoms with Crippen LogP contribution in [0.1, 0.15) is 33.0 Å². The lowest BCUT2D eigenvalue weighted by molar-refractivity contribution is 0.220. The van der Waals surface area contributed by atoms with Crippen molar-refractivity contribution in [1.82, 2.24) is 9.97 Å². The minimum absolute atomic E-state index is 0.0500. The first-order valence-electron chi connectivity index (χ1n) is 6.64. The standard InChI is InChI=1S/C14H21N3OS/c1-4-11-16-12(10-5-8-19-13(10)17-11)15-9-14(2,3)6-7-18/h5,8,18H,4,6-7,9H2,1-3H3,(H,15,16,17). The Morgan fingerprint density at radius 3 is 2.84 bits per heavy atom. The van der Waals surface area contributed by atoms with E-state index in [4.69, 9.17) is 5.11 Å². The molecule has 0 spiro atoms. The van der Waals surface area contributed by atoms with E-state index in [1.165, 1.54) is 0 Å². The molecular formula is C14H21N3OS. The van der Waals surface area contributed by atoms with Gasteiger partial charge in [0.25, 0.3) is 0 Å². The smallest absolute Gasteiger partial charge is 0.138 e. The van der Waals surface area contributed by atoms with Gasteiger partial charge in [0.2, 0.25) is 0 Å². The van der Waals surface area contributed by atoms with Crippen LogP contribution in [0.15, 0.2) is 11.4 Å². The monoisotopic (exact) mass is 279 g/mol. The molecule has 0 unspecified atom stereocenters. The molecule has 5 heteroatoms. The van der Waals surface area contributed by atoms with Gasteiger partial charge in [-0.25, -0.2) is 9.97 Å². The van der Waals surface area contributed by atoms with Gasteiger partial charge in [0, 0.05) is 19.6 Å². The maximum atomic E-state index is 9.07. The number of aryl methyl sites for hydroxylation is 1. The summed E-state index contributed by atoms with van der Waals surface area (Å²) < 4.78 is 0. The van der Waals surface area contributed by atoms with Gasteiger partial charge in [-0.15, -0.1) is 11.3 Å². The van der Waals surface area contributed by atoms with Crippen LogP contribution in [0.5, 0.6) is 0 Å². The molecule has 0 aliphatic rings. The Morgan fingerprint density at radius 2 is 2.16 bits per heavy atom. The highest BCUT2D eigenvalue weighted by atomic mass is 32.1. The van der Waals surface area contributed by atoms with Gasteiger partial charge in [0.15, 0.2) is 0 Å². The molecule has 0 aliphatic heterocycles. The molecular weight excluding hydrogens is 258 g/mol. The molecule has 0 fully saturated rings. The molecule has 2 aromatic rings. The zero-order valence-electron chi connectivity index (χ0n) is 11.7. The van der Waals surface area contributed by atoms with Crippen molar-refractivity contribution in [2.75, 3.05) is 18.5 Å². The summed E-state index contributed by atoms with van der Waals surface area (Å²) in [6, 6.07) is 2.06. The van der Waals surface area contributed by atoms with Gasteiger partial charge in [-0.3, -0.25) is 0 Å². The van der Waals surface area contributed by atoms with Crippen molar-refractivity contribution < 1.29 is 5.11 Å². The summed E-state index contributed by atoms with van der Waals surface area (Å²) in [4.78, 5) is 10.1. The van der Waals surface area contributed by atoms with Crippen molar-refractivity contribution in [3.63, 3.8) is 0 Å². The summed E-state index contributed by atoms with van der Waals surface area (Å²) in [5.74, 6) is 1.78. The Balaban J connectivity index is 2.22. The second-order valence-electron chi connectivity index (χ2n) is 5.47. The molecule has 4 nitrogen and oxygen atoms in total. The van der Waals surface area contributed by atoms with E-state index in [0.717, 1.165) is 41.2 Å². The van der Waals surface area contributed by atoms with E-state index >= 15 is 0 Å². The summed E-state index contributed by atoms with van der Waals surface area (Å²) in [6.07, 6.45) is 1.61. The normalized spacial score (nSPS) is 12.0. The lowest BCUT2D eigenvalue weighted by Gasteiger charge is -2.24. The fourth-order valence-electron chi connectivity index (χ4n) is 1.91.